The molecule has 0 saturated carbocycles. The van der Waals surface area contributed by atoms with Gasteiger partial charge in [-0.05, 0) is 17.7 Å². The number of benzene rings is 2. The van der Waals surface area contributed by atoms with Crippen molar-refractivity contribution in [1.29, 1.82) is 0 Å². The number of hydrogen-bond acceptors (Lipinski definition) is 5. The molecule has 0 fully saturated rings. The van der Waals surface area contributed by atoms with Crippen LogP contribution in [-0.4, -0.2) is 28.6 Å². The zero-order valence-electron chi connectivity index (χ0n) is 15.6. The third-order valence-electron chi connectivity index (χ3n) is 4.40. The van der Waals surface area contributed by atoms with E-state index in [0.29, 0.717) is 23.4 Å². The van der Waals surface area contributed by atoms with Gasteiger partial charge in [0, 0.05) is 10.9 Å². The average molecular weight is 405 g/mol. The lowest BCUT2D eigenvalue weighted by Gasteiger charge is -2.09. The summed E-state index contributed by atoms with van der Waals surface area (Å²) in [5, 5.41) is 5.24. The normalized spacial score (nSPS) is 10.8. The number of carbonyl (C=O) groups is 1. The minimum Gasteiger partial charge on any atom is -0.492 e. The molecule has 0 atom stereocenters. The van der Waals surface area contributed by atoms with E-state index in [1.807, 2.05) is 66.0 Å². The van der Waals surface area contributed by atoms with Gasteiger partial charge >= 0.3 is 0 Å². The lowest BCUT2D eigenvalue weighted by atomic mass is 10.1. The minimum absolute atomic E-state index is 0.0861. The van der Waals surface area contributed by atoms with Crippen molar-refractivity contribution in [2.24, 2.45) is 0 Å². The van der Waals surface area contributed by atoms with Crippen LogP contribution in [0.4, 0.5) is 0 Å². The van der Waals surface area contributed by atoms with Crippen molar-refractivity contribution in [2.45, 2.75) is 6.54 Å². The summed E-state index contributed by atoms with van der Waals surface area (Å²) in [7, 11) is 0. The van der Waals surface area contributed by atoms with Crippen molar-refractivity contribution >= 4 is 27.5 Å². The fourth-order valence-corrected chi connectivity index (χ4v) is 3.90. The maximum atomic E-state index is 13.0. The summed E-state index contributed by atoms with van der Waals surface area (Å²) in [4.78, 5) is 30.2. The van der Waals surface area contributed by atoms with E-state index in [1.54, 1.807) is 0 Å². The Labute approximate surface area is 171 Å². The van der Waals surface area contributed by atoms with E-state index < -0.39 is 0 Å². The maximum absolute atomic E-state index is 13.0. The Morgan fingerprint density at radius 3 is 2.55 bits per heavy atom. The van der Waals surface area contributed by atoms with Gasteiger partial charge in [0.05, 0.1) is 18.3 Å². The number of amides is 1. The summed E-state index contributed by atoms with van der Waals surface area (Å²) >= 11 is 1.42. The van der Waals surface area contributed by atoms with Crippen molar-refractivity contribution in [3.8, 4) is 16.9 Å². The SMILES string of the molecule is O=C(Cn1cnc2scc(-c3ccccc3)c2c1=O)NCCOc1ccccc1. The first-order valence-electron chi connectivity index (χ1n) is 9.19. The molecule has 29 heavy (non-hydrogen) atoms. The molecule has 6 nitrogen and oxygen atoms in total. The van der Waals surface area contributed by atoms with E-state index in [1.165, 1.54) is 22.2 Å². The topological polar surface area (TPSA) is 73.2 Å². The van der Waals surface area contributed by atoms with Crippen LogP contribution >= 0.6 is 11.3 Å². The summed E-state index contributed by atoms with van der Waals surface area (Å²) in [6.07, 6.45) is 1.43. The second kappa shape index (κ2) is 8.70. The van der Waals surface area contributed by atoms with E-state index in [2.05, 4.69) is 10.3 Å². The Kier molecular flexibility index (Phi) is 5.67. The highest BCUT2D eigenvalue weighted by Gasteiger charge is 2.14. The van der Waals surface area contributed by atoms with Crippen molar-refractivity contribution in [3.05, 3.63) is 82.7 Å². The van der Waals surface area contributed by atoms with Crippen LogP contribution in [0.2, 0.25) is 0 Å². The smallest absolute Gasteiger partial charge is 0.263 e. The van der Waals surface area contributed by atoms with Gasteiger partial charge in [-0.2, -0.15) is 0 Å². The van der Waals surface area contributed by atoms with Crippen molar-refractivity contribution in [3.63, 3.8) is 0 Å². The van der Waals surface area contributed by atoms with Crippen molar-refractivity contribution in [2.75, 3.05) is 13.2 Å². The second-order valence-electron chi connectivity index (χ2n) is 6.38. The van der Waals surface area contributed by atoms with Gasteiger partial charge in [-0.25, -0.2) is 4.98 Å². The lowest BCUT2D eigenvalue weighted by Crippen LogP contribution is -2.34. The Hall–Kier alpha value is -3.45. The van der Waals surface area contributed by atoms with Gasteiger partial charge in [0.15, 0.2) is 0 Å². The number of nitrogens with one attached hydrogen (secondary N) is 1. The van der Waals surface area contributed by atoms with Crippen LogP contribution < -0.4 is 15.6 Å². The second-order valence-corrected chi connectivity index (χ2v) is 7.24. The Balaban J connectivity index is 1.43. The van der Waals surface area contributed by atoms with Gasteiger partial charge in [-0.15, -0.1) is 11.3 Å². The molecule has 0 spiro atoms. The summed E-state index contributed by atoms with van der Waals surface area (Å²) in [6, 6.07) is 19.1. The number of aromatic nitrogens is 2. The van der Waals surface area contributed by atoms with Crippen LogP contribution in [0.15, 0.2) is 77.2 Å². The molecule has 1 N–H and O–H groups in total. The molecule has 2 aromatic heterocycles. The predicted molar refractivity (Wildman–Crippen MR) is 114 cm³/mol. The molecule has 0 saturated heterocycles. The number of carbonyl (C=O) groups excluding carboxylic acids is 1. The number of para-hydroxylation sites is 1. The zero-order chi connectivity index (χ0) is 20.1. The molecule has 0 aliphatic carbocycles. The van der Waals surface area contributed by atoms with Gasteiger partial charge in [0.1, 0.15) is 23.7 Å². The van der Waals surface area contributed by atoms with Gasteiger partial charge in [0.25, 0.3) is 5.56 Å². The van der Waals surface area contributed by atoms with Crippen LogP contribution in [0.3, 0.4) is 0 Å². The Bertz CT molecular complexity index is 1170. The molecule has 0 radical (unpaired) electrons. The fraction of sp³-hybridized carbons (Fsp3) is 0.136. The predicted octanol–water partition coefficient (Wildman–Crippen LogP) is 3.32. The zero-order valence-corrected chi connectivity index (χ0v) is 16.4. The number of rotatable bonds is 7. The van der Waals surface area contributed by atoms with Gasteiger partial charge < -0.3 is 10.1 Å². The molecule has 0 aliphatic rings. The first-order chi connectivity index (χ1) is 14.2. The molecule has 1 amide bonds. The van der Waals surface area contributed by atoms with E-state index >= 15 is 0 Å². The summed E-state index contributed by atoms with van der Waals surface area (Å²) in [5.41, 5.74) is 1.58. The Morgan fingerprint density at radius 1 is 1.07 bits per heavy atom. The molecule has 2 aromatic carbocycles. The number of ether oxygens (including phenoxy) is 1. The maximum Gasteiger partial charge on any atom is 0.263 e. The molecular weight excluding hydrogens is 386 g/mol. The van der Waals surface area contributed by atoms with E-state index in [4.69, 9.17) is 4.74 Å². The van der Waals surface area contributed by atoms with Crippen LogP contribution in [-0.2, 0) is 11.3 Å². The summed E-state index contributed by atoms with van der Waals surface area (Å²) < 4.78 is 6.89. The third kappa shape index (κ3) is 4.35. The largest absolute Gasteiger partial charge is 0.492 e. The summed E-state index contributed by atoms with van der Waals surface area (Å²) in [5.74, 6) is 0.486. The molecule has 0 unspecified atom stereocenters. The molecule has 2 heterocycles. The van der Waals surface area contributed by atoms with Gasteiger partial charge in [-0.1, -0.05) is 48.5 Å². The first-order valence-corrected chi connectivity index (χ1v) is 10.1. The first kappa shape index (κ1) is 18.9. The molecule has 7 heteroatoms. The minimum atomic E-state index is -0.263. The van der Waals surface area contributed by atoms with Crippen LogP contribution in [0.25, 0.3) is 21.3 Å². The standard InChI is InChI=1S/C22H19N3O3S/c26-19(23-11-12-28-17-9-5-2-6-10-17)13-25-15-24-21-20(22(25)27)18(14-29-21)16-7-3-1-4-8-16/h1-10,14-15H,11-13H2,(H,23,26). The van der Waals surface area contributed by atoms with Crippen LogP contribution in [0.1, 0.15) is 0 Å². The fourth-order valence-electron chi connectivity index (χ4n) is 3.00. The van der Waals surface area contributed by atoms with Crippen LogP contribution in [0, 0.1) is 0 Å². The molecule has 4 rings (SSSR count). The molecular formula is C22H19N3O3S. The highest BCUT2D eigenvalue weighted by atomic mass is 32.1. The van der Waals surface area contributed by atoms with E-state index in [0.717, 1.165) is 16.9 Å². The van der Waals surface area contributed by atoms with Crippen molar-refractivity contribution < 1.29 is 9.53 Å². The van der Waals surface area contributed by atoms with E-state index in [9.17, 15) is 9.59 Å². The third-order valence-corrected chi connectivity index (χ3v) is 5.28. The quantitative estimate of drug-likeness (QED) is 0.479. The van der Waals surface area contributed by atoms with E-state index in [-0.39, 0.29) is 18.0 Å². The molecule has 146 valence electrons. The van der Waals surface area contributed by atoms with Crippen molar-refractivity contribution in [1.82, 2.24) is 14.9 Å². The molecule has 0 aliphatic heterocycles. The number of nitrogens with zero attached hydrogens (tertiary/aromatic N) is 2. The number of fused-ring (bicyclic) bond motifs is 1. The monoisotopic (exact) mass is 405 g/mol. The molecule has 4 aromatic rings. The highest BCUT2D eigenvalue weighted by Crippen LogP contribution is 2.30. The molecule has 0 bridgehead atoms. The average Bonchev–Trinajstić information content (AvgIpc) is 3.20. The number of thiophene rings is 1. The lowest BCUT2D eigenvalue weighted by molar-refractivity contribution is -0.121. The van der Waals surface area contributed by atoms with Gasteiger partial charge in [-0.3, -0.25) is 14.2 Å². The highest BCUT2D eigenvalue weighted by molar-refractivity contribution is 7.17. The summed E-state index contributed by atoms with van der Waals surface area (Å²) in [6.45, 7) is 0.619. The van der Waals surface area contributed by atoms with Crippen LogP contribution in [0.5, 0.6) is 5.75 Å². The number of hydrogen-bond donors (Lipinski definition) is 1. The van der Waals surface area contributed by atoms with Gasteiger partial charge in [0.2, 0.25) is 5.91 Å². The Morgan fingerprint density at radius 2 is 1.79 bits per heavy atom.